The fourth-order valence-corrected chi connectivity index (χ4v) is 2.10. The van der Waals surface area contributed by atoms with Gasteiger partial charge in [0.15, 0.2) is 0 Å². The van der Waals surface area contributed by atoms with E-state index in [1.807, 2.05) is 50.2 Å². The molecule has 1 atom stereocenters. The summed E-state index contributed by atoms with van der Waals surface area (Å²) in [4.78, 5) is 15.5. The molecule has 0 aliphatic carbocycles. The van der Waals surface area contributed by atoms with Crippen molar-refractivity contribution < 1.29 is 4.79 Å². The molecule has 0 spiro atoms. The first kappa shape index (κ1) is 21.0. The van der Waals surface area contributed by atoms with E-state index < -0.39 is 0 Å². The highest BCUT2D eigenvalue weighted by molar-refractivity contribution is 5.78. The molecule has 126 valence electrons. The molecule has 0 saturated carbocycles. The number of hydrogen-bond donors (Lipinski definition) is 0. The van der Waals surface area contributed by atoms with Crippen molar-refractivity contribution in [3.05, 3.63) is 66.0 Å². The molecule has 1 aromatic heterocycles. The third kappa shape index (κ3) is 10.4. The zero-order valence-electron chi connectivity index (χ0n) is 15.3. The first-order valence-electron chi connectivity index (χ1n) is 8.55. The number of pyridine rings is 1. The van der Waals surface area contributed by atoms with E-state index in [1.165, 1.54) is 5.56 Å². The van der Waals surface area contributed by atoms with Gasteiger partial charge in [-0.2, -0.15) is 0 Å². The highest BCUT2D eigenvalue weighted by Crippen LogP contribution is 2.13. The van der Waals surface area contributed by atoms with Gasteiger partial charge in [-0.05, 0) is 38.8 Å². The van der Waals surface area contributed by atoms with Crippen molar-refractivity contribution in [1.82, 2.24) is 4.98 Å². The lowest BCUT2D eigenvalue weighted by Gasteiger charge is -2.11. The number of Topliss-reactive ketones (excluding diaryl/α,β-unsaturated/α-hetero) is 1. The second-order valence-corrected chi connectivity index (χ2v) is 5.28. The molecule has 2 rings (SSSR count). The van der Waals surface area contributed by atoms with Crippen LogP contribution in [0.3, 0.4) is 0 Å². The summed E-state index contributed by atoms with van der Waals surface area (Å²) >= 11 is 0. The van der Waals surface area contributed by atoms with Crippen LogP contribution in [0.4, 0.5) is 0 Å². The summed E-state index contributed by atoms with van der Waals surface area (Å²) in [5, 5.41) is 0. The maximum absolute atomic E-state index is 11.3. The van der Waals surface area contributed by atoms with Crippen LogP contribution in [0.1, 0.15) is 51.8 Å². The third-order valence-corrected chi connectivity index (χ3v) is 3.33. The second-order valence-electron chi connectivity index (χ2n) is 5.28. The van der Waals surface area contributed by atoms with Crippen molar-refractivity contribution >= 4 is 5.78 Å². The Hall–Kier alpha value is -1.96. The predicted molar refractivity (Wildman–Crippen MR) is 99.5 cm³/mol. The van der Waals surface area contributed by atoms with Gasteiger partial charge in [0.05, 0.1) is 0 Å². The molecule has 0 bridgehead atoms. The Balaban J connectivity index is 0.000000449. The normalized spacial score (nSPS) is 10.5. The second kappa shape index (κ2) is 13.7. The molecule has 23 heavy (non-hydrogen) atoms. The topological polar surface area (TPSA) is 30.0 Å². The maximum Gasteiger partial charge on any atom is 0.133 e. The average Bonchev–Trinajstić information content (AvgIpc) is 2.58. The Labute approximate surface area is 142 Å². The van der Waals surface area contributed by atoms with E-state index in [9.17, 15) is 4.79 Å². The molecule has 0 aliphatic heterocycles. The molecule has 0 radical (unpaired) electrons. The smallest absolute Gasteiger partial charge is 0.133 e. The van der Waals surface area contributed by atoms with E-state index in [0.29, 0.717) is 0 Å². The molecule has 0 amide bonds. The van der Waals surface area contributed by atoms with Gasteiger partial charge in [-0.15, -0.1) is 0 Å². The number of benzene rings is 1. The fourth-order valence-electron chi connectivity index (χ4n) is 2.10. The Kier molecular flexibility index (Phi) is 12.5. The lowest BCUT2D eigenvalue weighted by atomic mass is 9.94. The van der Waals surface area contributed by atoms with Crippen molar-refractivity contribution in [2.24, 2.45) is 5.92 Å². The fraction of sp³-hybridized carbons (Fsp3) is 0.429. The van der Waals surface area contributed by atoms with E-state index in [-0.39, 0.29) is 11.7 Å². The lowest BCUT2D eigenvalue weighted by molar-refractivity contribution is -0.120. The van der Waals surface area contributed by atoms with Gasteiger partial charge in [-0.25, -0.2) is 0 Å². The minimum absolute atomic E-state index is 0.148. The van der Waals surface area contributed by atoms with E-state index in [2.05, 4.69) is 31.0 Å². The summed E-state index contributed by atoms with van der Waals surface area (Å²) in [7, 11) is 0. The summed E-state index contributed by atoms with van der Waals surface area (Å²) in [6.07, 6.45) is 4.57. The minimum atomic E-state index is 0.148. The van der Waals surface area contributed by atoms with Gasteiger partial charge in [-0.1, -0.05) is 69.2 Å². The van der Waals surface area contributed by atoms with Crippen LogP contribution in [0.25, 0.3) is 0 Å². The predicted octanol–water partition coefficient (Wildman–Crippen LogP) is 5.65. The summed E-state index contributed by atoms with van der Waals surface area (Å²) in [6.45, 7) is 9.86. The van der Waals surface area contributed by atoms with Crippen LogP contribution in [0.5, 0.6) is 0 Å². The number of nitrogens with zero attached hydrogens (tertiary/aromatic N) is 1. The van der Waals surface area contributed by atoms with E-state index >= 15 is 0 Å². The molecule has 2 heteroatoms. The maximum atomic E-state index is 11.3. The van der Waals surface area contributed by atoms with Crippen molar-refractivity contribution in [2.45, 2.75) is 53.9 Å². The molecular formula is C21H31NO. The Morgan fingerprint density at radius 3 is 2.04 bits per heavy atom. The molecule has 1 unspecified atom stereocenters. The van der Waals surface area contributed by atoms with Gasteiger partial charge in [0.25, 0.3) is 0 Å². The molecule has 2 aromatic rings. The summed E-state index contributed by atoms with van der Waals surface area (Å²) < 4.78 is 0. The van der Waals surface area contributed by atoms with Gasteiger partial charge in [0.2, 0.25) is 0 Å². The molecule has 0 N–H and O–H groups in total. The average molecular weight is 313 g/mol. The van der Waals surface area contributed by atoms with Gasteiger partial charge >= 0.3 is 0 Å². The monoisotopic (exact) mass is 313 g/mol. The number of ketones is 1. The quantitative estimate of drug-likeness (QED) is 0.714. The Bertz CT molecular complexity index is 508. The van der Waals surface area contributed by atoms with Gasteiger partial charge in [-0.3, -0.25) is 9.78 Å². The van der Waals surface area contributed by atoms with Crippen LogP contribution in [0.15, 0.2) is 54.7 Å². The number of aryl methyl sites for hydroxylation is 1. The Morgan fingerprint density at radius 1 is 1.04 bits per heavy atom. The third-order valence-electron chi connectivity index (χ3n) is 3.33. The molecule has 2 nitrogen and oxygen atoms in total. The first-order valence-corrected chi connectivity index (χ1v) is 8.55. The number of carbonyl (C=O) groups excluding carboxylic acids is 1. The van der Waals surface area contributed by atoms with Crippen LogP contribution in [0.2, 0.25) is 0 Å². The van der Waals surface area contributed by atoms with Crippen molar-refractivity contribution in [2.75, 3.05) is 0 Å². The Morgan fingerprint density at radius 2 is 1.65 bits per heavy atom. The molecule has 1 heterocycles. The first-order chi connectivity index (χ1) is 11.1. The zero-order chi connectivity index (χ0) is 17.5. The largest absolute Gasteiger partial charge is 0.300 e. The van der Waals surface area contributed by atoms with E-state index in [1.54, 1.807) is 13.1 Å². The SMILES string of the molecule is CC.CCCC(Cc1ccccn1)C(C)=O.Cc1ccccc1. The van der Waals surface area contributed by atoms with Crippen LogP contribution >= 0.6 is 0 Å². The van der Waals surface area contributed by atoms with E-state index in [4.69, 9.17) is 0 Å². The minimum Gasteiger partial charge on any atom is -0.300 e. The number of hydrogen-bond acceptors (Lipinski definition) is 2. The van der Waals surface area contributed by atoms with Gasteiger partial charge in [0, 0.05) is 17.8 Å². The van der Waals surface area contributed by atoms with Crippen LogP contribution in [-0.4, -0.2) is 10.8 Å². The number of carbonyl (C=O) groups is 1. The molecule has 0 aliphatic rings. The lowest BCUT2D eigenvalue weighted by Crippen LogP contribution is -2.14. The molecular weight excluding hydrogens is 282 g/mol. The molecule has 0 fully saturated rings. The van der Waals surface area contributed by atoms with Crippen molar-refractivity contribution in [3.8, 4) is 0 Å². The van der Waals surface area contributed by atoms with E-state index in [0.717, 1.165) is 25.0 Å². The zero-order valence-corrected chi connectivity index (χ0v) is 15.3. The summed E-state index contributed by atoms with van der Waals surface area (Å²) in [5.41, 5.74) is 2.34. The highest BCUT2D eigenvalue weighted by Gasteiger charge is 2.13. The highest BCUT2D eigenvalue weighted by atomic mass is 16.1. The standard InChI is InChI=1S/C12H17NO.C7H8.C2H6/c1-3-6-11(10(2)14)9-12-7-4-5-8-13-12;1-7-5-3-2-4-6-7;1-2/h4-5,7-8,11H,3,6,9H2,1-2H3;2-6H,1H3;1-2H3. The summed E-state index contributed by atoms with van der Waals surface area (Å²) in [6, 6.07) is 16.1. The molecule has 0 saturated heterocycles. The van der Waals surface area contributed by atoms with Crippen LogP contribution in [-0.2, 0) is 11.2 Å². The van der Waals surface area contributed by atoms with Crippen molar-refractivity contribution in [1.29, 1.82) is 0 Å². The van der Waals surface area contributed by atoms with Crippen molar-refractivity contribution in [3.63, 3.8) is 0 Å². The number of aromatic nitrogens is 1. The molecule has 1 aromatic carbocycles. The number of rotatable bonds is 5. The van der Waals surface area contributed by atoms with Crippen LogP contribution in [0, 0.1) is 12.8 Å². The van der Waals surface area contributed by atoms with Crippen LogP contribution < -0.4 is 0 Å². The van der Waals surface area contributed by atoms with Gasteiger partial charge < -0.3 is 0 Å². The summed E-state index contributed by atoms with van der Waals surface area (Å²) in [5.74, 6) is 0.424. The van der Waals surface area contributed by atoms with Gasteiger partial charge in [0.1, 0.15) is 5.78 Å².